The minimum absolute atomic E-state index is 0.0598. The molecule has 1 aliphatic rings. The van der Waals surface area contributed by atoms with Crippen molar-refractivity contribution in [3.8, 4) is 11.5 Å². The second kappa shape index (κ2) is 15.1. The molecule has 1 fully saturated rings. The molecule has 0 aliphatic carbocycles. The number of methoxy groups -OCH3 is 1. The summed E-state index contributed by atoms with van der Waals surface area (Å²) in [5.41, 5.74) is -0.171. The van der Waals surface area contributed by atoms with E-state index in [1.165, 1.54) is 19.4 Å². The number of carbonyl (C=O) groups excluding carboxylic acids is 3. The molecule has 12 nitrogen and oxygen atoms in total. The first-order valence-corrected chi connectivity index (χ1v) is 11.5. The number of hydrogen-bond donors (Lipinski definition) is 1. The Morgan fingerprint density at radius 2 is 2.06 bits per heavy atom. The van der Waals surface area contributed by atoms with Crippen LogP contribution in [0.5, 0.6) is 11.5 Å². The van der Waals surface area contributed by atoms with Crippen LogP contribution < -0.4 is 14.8 Å². The summed E-state index contributed by atoms with van der Waals surface area (Å²) in [6.45, 7) is 5.84. The molecule has 1 aromatic rings. The van der Waals surface area contributed by atoms with Crippen molar-refractivity contribution in [1.82, 2.24) is 10.3 Å². The number of cyclic esters (lactones) is 1. The van der Waals surface area contributed by atoms with Crippen molar-refractivity contribution in [1.29, 1.82) is 0 Å². The van der Waals surface area contributed by atoms with E-state index in [1.54, 1.807) is 13.8 Å². The number of hydrogen-bond acceptors (Lipinski definition) is 11. The number of esters is 2. The highest BCUT2D eigenvalue weighted by atomic mass is 16.7. The van der Waals surface area contributed by atoms with Crippen LogP contribution in [0.2, 0.25) is 0 Å². The lowest BCUT2D eigenvalue weighted by molar-refractivity contribution is -0.155. The van der Waals surface area contributed by atoms with Gasteiger partial charge in [-0.3, -0.25) is 4.79 Å². The fraction of sp³-hybridized carbons (Fsp3) is 0.652. The van der Waals surface area contributed by atoms with Crippen LogP contribution in [-0.4, -0.2) is 88.0 Å². The quantitative estimate of drug-likeness (QED) is 0.329. The molecular weight excluding hydrogens is 464 g/mol. The van der Waals surface area contributed by atoms with Gasteiger partial charge in [-0.15, -0.1) is 0 Å². The van der Waals surface area contributed by atoms with Gasteiger partial charge in [0.2, 0.25) is 6.79 Å². The Morgan fingerprint density at radius 1 is 1.26 bits per heavy atom. The maximum atomic E-state index is 13.0. The van der Waals surface area contributed by atoms with Gasteiger partial charge in [-0.25, -0.2) is 14.6 Å². The second-order valence-corrected chi connectivity index (χ2v) is 7.65. The van der Waals surface area contributed by atoms with Crippen LogP contribution in [0.1, 0.15) is 44.1 Å². The molecular formula is C23H34N2O10. The molecule has 0 spiro atoms. The standard InChI is InChI=1S/C23H34N2O10/c1-5-9-32-16-10-15(3)35-23(28)17(12-31-11-16)25-22(27)20-21(18(29-4)7-8-24-20)34-14-33-19(26)13-30-6-2/h7-8,15-17H,5-6,9-14H2,1-4H3,(H,25,27)/t15-,16+,17-/m0/s1. The Bertz CT molecular complexity index is 835. The Kier molecular flexibility index (Phi) is 12.2. The molecule has 1 amide bonds. The van der Waals surface area contributed by atoms with E-state index in [0.717, 1.165) is 6.42 Å². The summed E-state index contributed by atoms with van der Waals surface area (Å²) >= 11 is 0. The molecule has 0 aromatic carbocycles. The number of ether oxygens (including phenoxy) is 7. The fourth-order valence-electron chi connectivity index (χ4n) is 3.15. The minimum Gasteiger partial charge on any atom is -0.493 e. The second-order valence-electron chi connectivity index (χ2n) is 7.65. The molecule has 1 aliphatic heterocycles. The molecule has 12 heteroatoms. The van der Waals surface area contributed by atoms with Crippen molar-refractivity contribution >= 4 is 17.8 Å². The first-order chi connectivity index (χ1) is 16.9. The lowest BCUT2D eigenvalue weighted by atomic mass is 10.2. The van der Waals surface area contributed by atoms with E-state index in [4.69, 9.17) is 33.2 Å². The van der Waals surface area contributed by atoms with Crippen LogP contribution in [-0.2, 0) is 33.3 Å². The highest BCUT2D eigenvalue weighted by Gasteiger charge is 2.30. The highest BCUT2D eigenvalue weighted by Crippen LogP contribution is 2.29. The van der Waals surface area contributed by atoms with E-state index in [1.807, 2.05) is 6.92 Å². The van der Waals surface area contributed by atoms with E-state index in [-0.39, 0.29) is 43.1 Å². The summed E-state index contributed by atoms with van der Waals surface area (Å²) in [7, 11) is 1.38. The van der Waals surface area contributed by atoms with Crippen molar-refractivity contribution in [3.63, 3.8) is 0 Å². The lowest BCUT2D eigenvalue weighted by Gasteiger charge is -2.20. The molecule has 1 saturated heterocycles. The summed E-state index contributed by atoms with van der Waals surface area (Å²) < 4.78 is 37.5. The third kappa shape index (κ3) is 9.30. The molecule has 35 heavy (non-hydrogen) atoms. The SMILES string of the molecule is CCCO[C@H]1COC[C@H](NC(=O)c2nccc(OC)c2OCOC(=O)COCC)C(=O)O[C@@H](C)C1. The van der Waals surface area contributed by atoms with Gasteiger partial charge in [-0.1, -0.05) is 6.92 Å². The van der Waals surface area contributed by atoms with Crippen LogP contribution in [0.25, 0.3) is 0 Å². The van der Waals surface area contributed by atoms with Gasteiger partial charge in [-0.2, -0.15) is 0 Å². The smallest absolute Gasteiger partial charge is 0.334 e. The third-order valence-electron chi connectivity index (χ3n) is 4.80. The van der Waals surface area contributed by atoms with Crippen LogP contribution in [0, 0.1) is 0 Å². The van der Waals surface area contributed by atoms with Gasteiger partial charge in [0, 0.05) is 31.9 Å². The molecule has 0 saturated carbocycles. The Labute approximate surface area is 204 Å². The predicted molar refractivity (Wildman–Crippen MR) is 121 cm³/mol. The van der Waals surface area contributed by atoms with Crippen molar-refractivity contribution in [3.05, 3.63) is 18.0 Å². The first-order valence-electron chi connectivity index (χ1n) is 11.5. The van der Waals surface area contributed by atoms with Gasteiger partial charge in [0.25, 0.3) is 5.91 Å². The summed E-state index contributed by atoms with van der Waals surface area (Å²) in [6, 6.07) is 0.392. The molecule has 0 bridgehead atoms. The van der Waals surface area contributed by atoms with Crippen LogP contribution in [0.3, 0.4) is 0 Å². The van der Waals surface area contributed by atoms with Crippen molar-refractivity contribution in [2.24, 2.45) is 0 Å². The normalized spacial score (nSPS) is 20.6. The number of amides is 1. The van der Waals surface area contributed by atoms with Gasteiger partial charge in [0.15, 0.2) is 23.2 Å². The zero-order valence-electron chi connectivity index (χ0n) is 20.6. The average molecular weight is 499 g/mol. The van der Waals surface area contributed by atoms with Crippen LogP contribution >= 0.6 is 0 Å². The Hall–Kier alpha value is -2.96. The van der Waals surface area contributed by atoms with Crippen molar-refractivity contribution in [2.75, 3.05) is 46.9 Å². The van der Waals surface area contributed by atoms with Crippen LogP contribution in [0.15, 0.2) is 12.3 Å². The van der Waals surface area contributed by atoms with E-state index < -0.39 is 36.8 Å². The van der Waals surface area contributed by atoms with E-state index in [9.17, 15) is 14.4 Å². The molecule has 2 heterocycles. The number of nitrogens with one attached hydrogen (secondary N) is 1. The molecule has 196 valence electrons. The average Bonchev–Trinajstić information content (AvgIpc) is 2.90. The van der Waals surface area contributed by atoms with Gasteiger partial charge < -0.3 is 38.5 Å². The molecule has 1 aromatic heterocycles. The van der Waals surface area contributed by atoms with Crippen molar-refractivity contribution < 1.29 is 47.5 Å². The zero-order chi connectivity index (χ0) is 25.6. The van der Waals surface area contributed by atoms with E-state index >= 15 is 0 Å². The zero-order valence-corrected chi connectivity index (χ0v) is 20.6. The number of carbonyl (C=O) groups is 3. The monoisotopic (exact) mass is 498 g/mol. The predicted octanol–water partition coefficient (Wildman–Crippen LogP) is 1.25. The summed E-state index contributed by atoms with van der Waals surface area (Å²) in [5.74, 6) is -1.88. The Morgan fingerprint density at radius 3 is 2.77 bits per heavy atom. The third-order valence-corrected chi connectivity index (χ3v) is 4.80. The summed E-state index contributed by atoms with van der Waals surface area (Å²) in [6.07, 6.45) is 2.03. The first kappa shape index (κ1) is 28.3. The number of rotatable bonds is 12. The minimum atomic E-state index is -1.08. The van der Waals surface area contributed by atoms with Gasteiger partial charge in [0.05, 0.1) is 26.4 Å². The number of aromatic nitrogens is 1. The van der Waals surface area contributed by atoms with Gasteiger partial charge in [0.1, 0.15) is 12.7 Å². The lowest BCUT2D eigenvalue weighted by Crippen LogP contribution is -2.45. The Balaban J connectivity index is 2.08. The number of nitrogens with zero attached hydrogens (tertiary/aromatic N) is 1. The van der Waals surface area contributed by atoms with Crippen molar-refractivity contribution in [2.45, 2.75) is 51.9 Å². The summed E-state index contributed by atoms with van der Waals surface area (Å²) in [5, 5.41) is 2.57. The van der Waals surface area contributed by atoms with E-state index in [2.05, 4.69) is 10.3 Å². The maximum Gasteiger partial charge on any atom is 0.334 e. The molecule has 3 atom stereocenters. The molecule has 0 radical (unpaired) electrons. The van der Waals surface area contributed by atoms with Gasteiger partial charge in [-0.05, 0) is 20.3 Å². The largest absolute Gasteiger partial charge is 0.493 e. The highest BCUT2D eigenvalue weighted by molar-refractivity contribution is 5.98. The summed E-state index contributed by atoms with van der Waals surface area (Å²) in [4.78, 5) is 41.4. The molecule has 2 rings (SSSR count). The molecule has 1 N–H and O–H groups in total. The van der Waals surface area contributed by atoms with Gasteiger partial charge >= 0.3 is 11.9 Å². The van der Waals surface area contributed by atoms with E-state index in [0.29, 0.717) is 19.6 Å². The maximum absolute atomic E-state index is 13.0. The van der Waals surface area contributed by atoms with Crippen LogP contribution in [0.4, 0.5) is 0 Å². The fourth-order valence-corrected chi connectivity index (χ4v) is 3.15. The number of pyridine rings is 1. The molecule has 0 unspecified atom stereocenters. The topological polar surface area (TPSA) is 141 Å².